The number of methoxy groups -OCH3 is 1. The number of aromatic hydroxyl groups is 4. The predicted molar refractivity (Wildman–Crippen MR) is 79.3 cm³/mol. The zero-order valence-corrected chi connectivity index (χ0v) is 11.6. The third kappa shape index (κ3) is 2.10. The van der Waals surface area contributed by atoms with E-state index in [0.717, 1.165) is 0 Å². The molecule has 0 radical (unpaired) electrons. The van der Waals surface area contributed by atoms with Crippen molar-refractivity contribution in [3.8, 4) is 40.1 Å². The molecule has 0 saturated carbocycles. The Balaban J connectivity index is 2.21. The second-order valence-electron chi connectivity index (χ2n) is 4.69. The van der Waals surface area contributed by atoms with Crippen molar-refractivity contribution >= 4 is 11.0 Å². The second kappa shape index (κ2) is 5.00. The van der Waals surface area contributed by atoms with Crippen LogP contribution >= 0.6 is 0 Å². The molecule has 3 aromatic rings. The maximum Gasteiger partial charge on any atom is 0.368 e. The minimum absolute atomic E-state index is 0.110. The molecule has 0 saturated heterocycles. The Hall–Kier alpha value is -3.15. The summed E-state index contributed by atoms with van der Waals surface area (Å²) in [6.07, 6.45) is 0. The Morgan fingerprint density at radius 1 is 0.864 bits per heavy atom. The van der Waals surface area contributed by atoms with E-state index in [4.69, 9.17) is 9.15 Å². The molecular weight excluding hydrogens is 288 g/mol. The normalized spacial score (nSPS) is 10.8. The van der Waals surface area contributed by atoms with Gasteiger partial charge in [-0.3, -0.25) is 0 Å². The molecule has 1 heterocycles. The van der Waals surface area contributed by atoms with Crippen LogP contribution in [-0.2, 0) is 0 Å². The first kappa shape index (κ1) is 13.8. The van der Waals surface area contributed by atoms with Crippen LogP contribution in [0.4, 0.5) is 0 Å². The number of ether oxygens (including phenoxy) is 1. The molecule has 0 bridgehead atoms. The number of phenols is 4. The smallest absolute Gasteiger partial charge is 0.368 e. The first-order valence-corrected chi connectivity index (χ1v) is 6.39. The van der Waals surface area contributed by atoms with Gasteiger partial charge in [0.1, 0.15) is 5.39 Å². The predicted octanol–water partition coefficient (Wildman–Crippen LogP) is 3.21. The number of hydrogen-bond acceptors (Lipinski definition) is 5. The summed E-state index contributed by atoms with van der Waals surface area (Å²) in [5.41, 5.74) is 0.848. The van der Waals surface area contributed by atoms with E-state index in [1.54, 1.807) is 18.2 Å². The summed E-state index contributed by atoms with van der Waals surface area (Å²) in [5.74, 6) is -0.694. The van der Waals surface area contributed by atoms with Crippen LogP contribution in [0.3, 0.4) is 0 Å². The van der Waals surface area contributed by atoms with Gasteiger partial charge in [0.2, 0.25) is 5.75 Å². The van der Waals surface area contributed by atoms with Crippen LogP contribution < -0.4 is 4.74 Å². The van der Waals surface area contributed by atoms with E-state index >= 15 is 0 Å². The lowest BCUT2D eigenvalue weighted by Crippen LogP contribution is -1.87. The highest BCUT2D eigenvalue weighted by atomic mass is 16.5. The fraction of sp³-hybridized carbons (Fsp3) is 0.0625. The topological polar surface area (TPSA) is 101 Å². The third-order valence-electron chi connectivity index (χ3n) is 3.32. The van der Waals surface area contributed by atoms with Gasteiger partial charge in [0.15, 0.2) is 23.0 Å². The van der Waals surface area contributed by atoms with Gasteiger partial charge in [0.25, 0.3) is 0 Å². The van der Waals surface area contributed by atoms with Crippen LogP contribution in [0, 0.1) is 0 Å². The zero-order chi connectivity index (χ0) is 15.9. The van der Waals surface area contributed by atoms with E-state index in [-0.39, 0.29) is 28.7 Å². The van der Waals surface area contributed by atoms with Crippen LogP contribution in [0.25, 0.3) is 22.3 Å². The fourth-order valence-electron chi connectivity index (χ4n) is 2.22. The minimum Gasteiger partial charge on any atom is -0.504 e. The van der Waals surface area contributed by atoms with Gasteiger partial charge in [-0.2, -0.15) is 0 Å². The monoisotopic (exact) mass is 301 g/mol. The van der Waals surface area contributed by atoms with Crippen LogP contribution in [0.15, 0.2) is 40.8 Å². The molecular formula is C16H13O6+. The molecule has 2 aromatic carbocycles. The summed E-state index contributed by atoms with van der Waals surface area (Å²) in [7, 11) is 1.37. The Kier molecular flexibility index (Phi) is 3.14. The van der Waals surface area contributed by atoms with Crippen molar-refractivity contribution in [1.82, 2.24) is 0 Å². The molecule has 22 heavy (non-hydrogen) atoms. The molecule has 112 valence electrons. The summed E-state index contributed by atoms with van der Waals surface area (Å²) in [6.45, 7) is 0. The maximum absolute atomic E-state index is 9.77. The first-order chi connectivity index (χ1) is 10.5. The molecule has 6 heteroatoms. The average molecular weight is 301 g/mol. The lowest BCUT2D eigenvalue weighted by atomic mass is 10.1. The highest BCUT2D eigenvalue weighted by Crippen LogP contribution is 2.43. The standard InChI is InChI=1S/C16H12O6/c1-21-16-9-3-5-13(8-2-4-10(17)11(18)6-8)22-14(9)7-12(19)15(16)20/h2-7H,1H3,(H3-,17,18,19,20)/p+1. The molecule has 0 spiro atoms. The summed E-state index contributed by atoms with van der Waals surface area (Å²) in [4.78, 5) is 0. The van der Waals surface area contributed by atoms with Crippen molar-refractivity contribution in [2.45, 2.75) is 0 Å². The maximum atomic E-state index is 9.77. The Morgan fingerprint density at radius 3 is 2.32 bits per heavy atom. The summed E-state index contributed by atoms with van der Waals surface area (Å²) < 4.78 is 10.8. The van der Waals surface area contributed by atoms with Crippen molar-refractivity contribution < 1.29 is 29.6 Å². The Bertz CT molecular complexity index is 872. The van der Waals surface area contributed by atoms with E-state index in [2.05, 4.69) is 0 Å². The van der Waals surface area contributed by atoms with Crippen LogP contribution in [0.1, 0.15) is 0 Å². The molecule has 0 aliphatic carbocycles. The van der Waals surface area contributed by atoms with Crippen molar-refractivity contribution in [2.75, 3.05) is 7.11 Å². The molecule has 0 fully saturated rings. The van der Waals surface area contributed by atoms with Crippen molar-refractivity contribution in [2.24, 2.45) is 0 Å². The van der Waals surface area contributed by atoms with E-state index in [9.17, 15) is 20.4 Å². The summed E-state index contributed by atoms with van der Waals surface area (Å²) >= 11 is 0. The Morgan fingerprint density at radius 2 is 1.64 bits per heavy atom. The largest absolute Gasteiger partial charge is 0.504 e. The van der Waals surface area contributed by atoms with Crippen LogP contribution in [0.2, 0.25) is 0 Å². The molecule has 0 aliphatic rings. The highest BCUT2D eigenvalue weighted by molar-refractivity contribution is 5.89. The van der Waals surface area contributed by atoms with Gasteiger partial charge in [0.05, 0.1) is 18.7 Å². The number of hydrogen-bond donors (Lipinski definition) is 4. The van der Waals surface area contributed by atoms with Crippen molar-refractivity contribution in [3.05, 3.63) is 36.4 Å². The SMILES string of the molecule is COc1c(O)c(O)cc2[o+]c(-c3ccc(O)c(O)c3)ccc12. The number of fused-ring (bicyclic) bond motifs is 1. The third-order valence-corrected chi connectivity index (χ3v) is 3.32. The van der Waals surface area contributed by atoms with Gasteiger partial charge >= 0.3 is 11.3 Å². The lowest BCUT2D eigenvalue weighted by molar-refractivity contribution is 0.354. The first-order valence-electron chi connectivity index (χ1n) is 6.39. The quantitative estimate of drug-likeness (QED) is 0.428. The average Bonchev–Trinajstić information content (AvgIpc) is 2.51. The van der Waals surface area contributed by atoms with Crippen molar-refractivity contribution in [1.29, 1.82) is 0 Å². The molecule has 0 aliphatic heterocycles. The van der Waals surface area contributed by atoms with Gasteiger partial charge in [0, 0.05) is 12.1 Å². The van der Waals surface area contributed by atoms with Gasteiger partial charge in [-0.15, -0.1) is 0 Å². The van der Waals surface area contributed by atoms with Gasteiger partial charge in [-0.25, -0.2) is 4.42 Å². The molecule has 0 atom stereocenters. The molecule has 6 nitrogen and oxygen atoms in total. The van der Waals surface area contributed by atoms with Gasteiger partial charge in [-0.05, 0) is 18.2 Å². The van der Waals surface area contributed by atoms with E-state index in [0.29, 0.717) is 22.3 Å². The van der Waals surface area contributed by atoms with E-state index in [1.807, 2.05) is 0 Å². The second-order valence-corrected chi connectivity index (χ2v) is 4.69. The highest BCUT2D eigenvalue weighted by Gasteiger charge is 2.23. The van der Waals surface area contributed by atoms with E-state index in [1.165, 1.54) is 25.3 Å². The number of benzene rings is 2. The van der Waals surface area contributed by atoms with E-state index < -0.39 is 0 Å². The Labute approximate surface area is 125 Å². The van der Waals surface area contributed by atoms with Gasteiger partial charge < -0.3 is 25.2 Å². The van der Waals surface area contributed by atoms with Crippen molar-refractivity contribution in [3.63, 3.8) is 0 Å². The fourth-order valence-corrected chi connectivity index (χ4v) is 2.22. The number of rotatable bonds is 2. The summed E-state index contributed by atoms with van der Waals surface area (Å²) in [5, 5.41) is 38.9. The lowest BCUT2D eigenvalue weighted by Gasteiger charge is -2.05. The molecule has 4 N–H and O–H groups in total. The van der Waals surface area contributed by atoms with Crippen LogP contribution in [-0.4, -0.2) is 27.5 Å². The zero-order valence-electron chi connectivity index (χ0n) is 11.6. The van der Waals surface area contributed by atoms with Gasteiger partial charge in [-0.1, -0.05) is 0 Å². The minimum atomic E-state index is -0.362. The molecule has 1 aromatic heterocycles. The summed E-state index contributed by atoms with van der Waals surface area (Å²) in [6, 6.07) is 8.86. The molecule has 3 rings (SSSR count). The van der Waals surface area contributed by atoms with Crippen LogP contribution in [0.5, 0.6) is 28.7 Å². The number of phenolic OH excluding ortho intramolecular Hbond substituents is 4. The molecule has 0 amide bonds. The molecule has 0 unspecified atom stereocenters.